The number of nitrogens with zero attached hydrogens (tertiary/aromatic N) is 4. The molecule has 0 atom stereocenters. The quantitative estimate of drug-likeness (QED) is 0.169. The van der Waals surface area contributed by atoms with Crippen molar-refractivity contribution in [2.75, 3.05) is 4.90 Å². The van der Waals surface area contributed by atoms with Crippen LogP contribution < -0.4 is 4.90 Å². The molecule has 0 amide bonds. The van der Waals surface area contributed by atoms with Gasteiger partial charge in [0.2, 0.25) is 0 Å². The number of hydrogen-bond donors (Lipinski definition) is 0. The van der Waals surface area contributed by atoms with Crippen LogP contribution in [0.5, 0.6) is 0 Å². The van der Waals surface area contributed by atoms with Gasteiger partial charge >= 0.3 is 0 Å². The molecule has 0 unspecified atom stereocenters. The highest BCUT2D eigenvalue weighted by Gasteiger charge is 2.23. The Morgan fingerprint density at radius 1 is 0.350 bits per heavy atom. The number of aromatic nitrogens is 3. The highest BCUT2D eigenvalue weighted by atomic mass is 16.3. The SMILES string of the molecule is c1ccc(-c2nc(-c3ccc4ccccc4c3)nc(-c3cccc4c3oc3cc(N(c5ccc6ccccc6c5)c5ccc6ccccc6c5)c5ccccc5c34)n2)cc1. The minimum atomic E-state index is 0.551. The van der Waals surface area contributed by atoms with Crippen LogP contribution in [-0.4, -0.2) is 15.0 Å². The van der Waals surface area contributed by atoms with Crippen LogP contribution in [0.4, 0.5) is 17.1 Å². The Bertz CT molecular complexity index is 3550. The molecule has 0 aliphatic carbocycles. The molecule has 5 nitrogen and oxygen atoms in total. The van der Waals surface area contributed by atoms with E-state index in [-0.39, 0.29) is 0 Å². The molecule has 10 aromatic carbocycles. The van der Waals surface area contributed by atoms with Crippen LogP contribution in [0, 0.1) is 0 Å². The fourth-order valence-electron chi connectivity index (χ4n) is 8.73. The fraction of sp³-hybridized carbons (Fsp3) is 0. The van der Waals surface area contributed by atoms with Crippen LogP contribution in [0.15, 0.2) is 211 Å². The van der Waals surface area contributed by atoms with E-state index in [0.29, 0.717) is 17.5 Å². The highest BCUT2D eigenvalue weighted by Crippen LogP contribution is 2.46. The smallest absolute Gasteiger partial charge is 0.167 e. The Labute approximate surface area is 345 Å². The van der Waals surface area contributed by atoms with E-state index in [0.717, 1.165) is 77.2 Å². The second-order valence-corrected chi connectivity index (χ2v) is 15.2. The molecule has 0 bridgehead atoms. The van der Waals surface area contributed by atoms with Gasteiger partial charge in [0.1, 0.15) is 11.2 Å². The lowest BCUT2D eigenvalue weighted by Crippen LogP contribution is -2.10. The van der Waals surface area contributed by atoms with E-state index in [4.69, 9.17) is 19.4 Å². The van der Waals surface area contributed by atoms with Crippen molar-refractivity contribution in [3.63, 3.8) is 0 Å². The van der Waals surface area contributed by atoms with Crippen molar-refractivity contribution in [1.82, 2.24) is 15.0 Å². The molecule has 280 valence electrons. The van der Waals surface area contributed by atoms with Crippen LogP contribution >= 0.6 is 0 Å². The molecule has 0 saturated carbocycles. The average molecular weight is 767 g/mol. The number of hydrogen-bond acceptors (Lipinski definition) is 5. The van der Waals surface area contributed by atoms with E-state index in [1.165, 1.54) is 21.5 Å². The van der Waals surface area contributed by atoms with Crippen molar-refractivity contribution in [3.8, 4) is 34.2 Å². The number of fused-ring (bicyclic) bond motifs is 8. The van der Waals surface area contributed by atoms with Gasteiger partial charge in [-0.15, -0.1) is 0 Å². The first kappa shape index (κ1) is 33.9. The van der Waals surface area contributed by atoms with E-state index in [2.05, 4.69) is 181 Å². The zero-order valence-corrected chi connectivity index (χ0v) is 32.3. The molecule has 0 aliphatic rings. The molecule has 60 heavy (non-hydrogen) atoms. The number of furan rings is 1. The zero-order chi connectivity index (χ0) is 39.6. The molecule has 5 heteroatoms. The van der Waals surface area contributed by atoms with Gasteiger partial charge in [0.25, 0.3) is 0 Å². The summed E-state index contributed by atoms with van der Waals surface area (Å²) in [6.07, 6.45) is 0. The molecule has 0 saturated heterocycles. The monoisotopic (exact) mass is 766 g/mol. The molecule has 0 radical (unpaired) electrons. The molecule has 12 rings (SSSR count). The Morgan fingerprint density at radius 3 is 1.53 bits per heavy atom. The minimum absolute atomic E-state index is 0.551. The maximum atomic E-state index is 7.07. The normalized spacial score (nSPS) is 11.7. The predicted octanol–water partition coefficient (Wildman–Crippen LogP) is 14.9. The fourth-order valence-corrected chi connectivity index (χ4v) is 8.73. The summed E-state index contributed by atoms with van der Waals surface area (Å²) in [5.74, 6) is 1.76. The summed E-state index contributed by atoms with van der Waals surface area (Å²) >= 11 is 0. The third-order valence-corrected chi connectivity index (χ3v) is 11.6. The Balaban J connectivity index is 1.10. The first-order chi connectivity index (χ1) is 29.7. The Morgan fingerprint density at radius 2 is 0.867 bits per heavy atom. The number of anilines is 3. The predicted molar refractivity (Wildman–Crippen MR) is 248 cm³/mol. The minimum Gasteiger partial charge on any atom is -0.455 e. The number of benzene rings is 10. The third-order valence-electron chi connectivity index (χ3n) is 11.6. The maximum absolute atomic E-state index is 7.07. The van der Waals surface area contributed by atoms with E-state index in [1.807, 2.05) is 30.3 Å². The molecule has 2 aromatic heterocycles. The second kappa shape index (κ2) is 13.8. The molecule has 0 spiro atoms. The van der Waals surface area contributed by atoms with Crippen LogP contribution in [-0.2, 0) is 0 Å². The Hall–Kier alpha value is -8.15. The van der Waals surface area contributed by atoms with E-state index >= 15 is 0 Å². The Kier molecular flexibility index (Phi) is 7.78. The van der Waals surface area contributed by atoms with Gasteiger partial charge in [0, 0.05) is 44.7 Å². The topological polar surface area (TPSA) is 55.1 Å². The summed E-state index contributed by atoms with van der Waals surface area (Å²) in [5, 5.41) is 11.3. The van der Waals surface area contributed by atoms with Gasteiger partial charge in [0.05, 0.1) is 11.3 Å². The second-order valence-electron chi connectivity index (χ2n) is 15.2. The molecule has 0 fully saturated rings. The first-order valence-electron chi connectivity index (χ1n) is 20.2. The molecule has 12 aromatic rings. The van der Waals surface area contributed by atoms with E-state index in [1.54, 1.807) is 0 Å². The van der Waals surface area contributed by atoms with Crippen LogP contribution in [0.3, 0.4) is 0 Å². The average Bonchev–Trinajstić information content (AvgIpc) is 3.70. The summed E-state index contributed by atoms with van der Waals surface area (Å²) in [4.78, 5) is 17.7. The zero-order valence-electron chi connectivity index (χ0n) is 32.3. The lowest BCUT2D eigenvalue weighted by molar-refractivity contribution is 0.670. The van der Waals surface area contributed by atoms with Gasteiger partial charge in [-0.2, -0.15) is 0 Å². The van der Waals surface area contributed by atoms with Gasteiger partial charge in [-0.1, -0.05) is 164 Å². The molecular weight excluding hydrogens is 733 g/mol. The van der Waals surface area contributed by atoms with Crippen LogP contribution in [0.2, 0.25) is 0 Å². The summed E-state index contributed by atoms with van der Waals surface area (Å²) in [6, 6.07) is 72.4. The summed E-state index contributed by atoms with van der Waals surface area (Å²) < 4.78 is 7.07. The molecule has 0 aliphatic heterocycles. The lowest BCUT2D eigenvalue weighted by atomic mass is 9.99. The van der Waals surface area contributed by atoms with Gasteiger partial charge < -0.3 is 9.32 Å². The molecule has 0 N–H and O–H groups in total. The lowest BCUT2D eigenvalue weighted by Gasteiger charge is -2.27. The first-order valence-corrected chi connectivity index (χ1v) is 20.2. The van der Waals surface area contributed by atoms with E-state index in [9.17, 15) is 0 Å². The third kappa shape index (κ3) is 5.67. The molecule has 2 heterocycles. The van der Waals surface area contributed by atoms with Crippen molar-refractivity contribution in [2.45, 2.75) is 0 Å². The van der Waals surface area contributed by atoms with Crippen molar-refractivity contribution >= 4 is 82.1 Å². The van der Waals surface area contributed by atoms with Gasteiger partial charge in [-0.25, -0.2) is 15.0 Å². The van der Waals surface area contributed by atoms with Crippen LogP contribution in [0.1, 0.15) is 0 Å². The van der Waals surface area contributed by atoms with Crippen molar-refractivity contribution in [3.05, 3.63) is 206 Å². The van der Waals surface area contributed by atoms with Crippen molar-refractivity contribution in [1.29, 1.82) is 0 Å². The maximum Gasteiger partial charge on any atom is 0.167 e. The van der Waals surface area contributed by atoms with Crippen LogP contribution in [0.25, 0.3) is 99.2 Å². The molecular formula is C55H34N4O. The van der Waals surface area contributed by atoms with E-state index < -0.39 is 0 Å². The summed E-state index contributed by atoms with van der Waals surface area (Å²) in [7, 11) is 0. The highest BCUT2D eigenvalue weighted by molar-refractivity contribution is 6.24. The number of rotatable bonds is 6. The summed E-state index contributed by atoms with van der Waals surface area (Å²) in [5.41, 5.74) is 7.29. The van der Waals surface area contributed by atoms with Crippen molar-refractivity contribution < 1.29 is 4.42 Å². The largest absolute Gasteiger partial charge is 0.455 e. The van der Waals surface area contributed by atoms with Gasteiger partial charge in [-0.3, -0.25) is 0 Å². The summed E-state index contributed by atoms with van der Waals surface area (Å²) in [6.45, 7) is 0. The van der Waals surface area contributed by atoms with Gasteiger partial charge in [0.15, 0.2) is 17.5 Å². The van der Waals surface area contributed by atoms with Gasteiger partial charge in [-0.05, 0) is 74.1 Å². The number of para-hydroxylation sites is 1. The van der Waals surface area contributed by atoms with Crippen molar-refractivity contribution in [2.24, 2.45) is 0 Å². The standard InChI is InChI=1S/C55H34N4O/c1-2-16-38(17-3-1)53-56-54(42-26-25-35-13-4-7-18-39(35)31-42)58-55(57-53)48-24-12-23-47-51-46-22-11-10-21-45(46)49(34-50(51)60-52(47)48)59(43-29-27-36-14-5-8-19-40(36)32-43)44-30-28-37-15-6-9-20-41(37)33-44/h1-34H.